The molecule has 0 aliphatic carbocycles. The lowest BCUT2D eigenvalue weighted by Gasteiger charge is -2.34. The predicted octanol–water partition coefficient (Wildman–Crippen LogP) is 0.863. The van der Waals surface area contributed by atoms with E-state index in [2.05, 4.69) is 31.8 Å². The third-order valence-electron chi connectivity index (χ3n) is 4.34. The van der Waals surface area contributed by atoms with E-state index in [0.29, 0.717) is 50.1 Å². The molecule has 1 aliphatic rings. The molecule has 1 fully saturated rings. The van der Waals surface area contributed by atoms with Crippen LogP contribution in [0.2, 0.25) is 0 Å². The Kier molecular flexibility index (Phi) is 11.7. The number of anilines is 1. The summed E-state index contributed by atoms with van der Waals surface area (Å²) >= 11 is 0. The Morgan fingerprint density at radius 3 is 2.77 bits per heavy atom. The molecule has 1 atom stereocenters. The fourth-order valence-electron chi connectivity index (χ4n) is 2.95. The Balaban J connectivity index is 0.00000450. The zero-order valence-electron chi connectivity index (χ0n) is 17.6. The van der Waals surface area contributed by atoms with Crippen molar-refractivity contribution < 1.29 is 14.6 Å². The first-order chi connectivity index (χ1) is 13.9. The van der Waals surface area contributed by atoms with Crippen molar-refractivity contribution in [1.29, 1.82) is 0 Å². The van der Waals surface area contributed by atoms with Crippen LogP contribution in [0.25, 0.3) is 0 Å². The van der Waals surface area contributed by atoms with E-state index in [0.717, 1.165) is 13.1 Å². The van der Waals surface area contributed by atoms with Crippen LogP contribution in [-0.4, -0.2) is 80.0 Å². The van der Waals surface area contributed by atoms with E-state index < -0.39 is 5.60 Å². The maximum absolute atomic E-state index is 12.2. The van der Waals surface area contributed by atoms with Gasteiger partial charge >= 0.3 is 0 Å². The maximum Gasteiger partial charge on any atom is 0.246 e. The van der Waals surface area contributed by atoms with Crippen molar-refractivity contribution in [3.05, 3.63) is 29.8 Å². The Bertz CT molecular complexity index is 742. The highest BCUT2D eigenvalue weighted by molar-refractivity contribution is 14.0. The average molecular weight is 529 g/mol. The molecule has 1 unspecified atom stereocenters. The minimum absolute atomic E-state index is 0. The van der Waals surface area contributed by atoms with E-state index in [1.165, 1.54) is 0 Å². The summed E-state index contributed by atoms with van der Waals surface area (Å²) in [4.78, 5) is 18.7. The van der Waals surface area contributed by atoms with Crippen LogP contribution in [0.5, 0.6) is 0 Å². The van der Waals surface area contributed by atoms with Crippen LogP contribution in [-0.2, 0) is 9.53 Å². The Hall–Kier alpha value is -1.87. The van der Waals surface area contributed by atoms with E-state index in [1.54, 1.807) is 31.2 Å². The number of nitrogens with one attached hydrogen (secondary N) is 3. The summed E-state index contributed by atoms with van der Waals surface area (Å²) in [7, 11) is 0. The Morgan fingerprint density at radius 2 is 2.10 bits per heavy atom. The first-order valence-corrected chi connectivity index (χ1v) is 9.83. The highest BCUT2D eigenvalue weighted by Crippen LogP contribution is 2.10. The number of hydrogen-bond donors (Lipinski definition) is 4. The fourth-order valence-corrected chi connectivity index (χ4v) is 2.95. The fraction of sp³-hybridized carbons (Fsp3) is 0.524. The number of aliphatic hydroxyl groups is 1. The lowest BCUT2D eigenvalue weighted by Crippen LogP contribution is -2.53. The molecule has 1 amide bonds. The van der Waals surface area contributed by atoms with Crippen molar-refractivity contribution in [3.63, 3.8) is 0 Å². The van der Waals surface area contributed by atoms with Crippen LogP contribution in [0, 0.1) is 12.3 Å². The lowest BCUT2D eigenvalue weighted by atomic mass is 10.1. The number of guanidine groups is 1. The van der Waals surface area contributed by atoms with E-state index in [4.69, 9.17) is 11.2 Å². The van der Waals surface area contributed by atoms with Gasteiger partial charge in [-0.05, 0) is 32.0 Å². The molecule has 0 aromatic heterocycles. The molecular weight excluding hydrogens is 497 g/mol. The van der Waals surface area contributed by atoms with Gasteiger partial charge in [-0.2, -0.15) is 0 Å². The SMILES string of the molecule is C#Cc1cccc(NC(=O)CN=C(NCC)NCC(C)(O)CN2CCOCC2)c1.I. The molecular formula is C21H32IN5O3. The molecule has 4 N–H and O–H groups in total. The molecule has 1 heterocycles. The summed E-state index contributed by atoms with van der Waals surface area (Å²) in [6.45, 7) is 8.15. The first-order valence-electron chi connectivity index (χ1n) is 9.83. The van der Waals surface area contributed by atoms with Crippen molar-refractivity contribution in [2.24, 2.45) is 4.99 Å². The summed E-state index contributed by atoms with van der Waals surface area (Å²) < 4.78 is 5.34. The van der Waals surface area contributed by atoms with Gasteiger partial charge in [0.2, 0.25) is 5.91 Å². The third-order valence-corrected chi connectivity index (χ3v) is 4.34. The maximum atomic E-state index is 12.2. The smallest absolute Gasteiger partial charge is 0.246 e. The average Bonchev–Trinajstić information content (AvgIpc) is 2.70. The highest BCUT2D eigenvalue weighted by Gasteiger charge is 2.25. The number of benzene rings is 1. The largest absolute Gasteiger partial charge is 0.387 e. The normalized spacial score (nSPS) is 16.5. The Labute approximate surface area is 195 Å². The summed E-state index contributed by atoms with van der Waals surface area (Å²) in [6.07, 6.45) is 5.38. The van der Waals surface area contributed by atoms with Crippen LogP contribution in [0.3, 0.4) is 0 Å². The summed E-state index contributed by atoms with van der Waals surface area (Å²) in [5.74, 6) is 2.76. The second-order valence-corrected chi connectivity index (χ2v) is 7.21. The number of aliphatic imine (C=N–C) groups is 1. The van der Waals surface area contributed by atoms with Gasteiger partial charge in [0.05, 0.1) is 18.8 Å². The number of rotatable bonds is 8. The topological polar surface area (TPSA) is 98.2 Å². The third kappa shape index (κ3) is 9.75. The number of ether oxygens (including phenoxy) is 1. The number of hydrogen-bond acceptors (Lipinski definition) is 5. The number of carbonyl (C=O) groups is 1. The molecule has 0 spiro atoms. The summed E-state index contributed by atoms with van der Waals surface area (Å²) in [5.41, 5.74) is 0.390. The number of carbonyl (C=O) groups excluding carboxylic acids is 1. The number of amides is 1. The van der Waals surface area contributed by atoms with Crippen molar-refractivity contribution in [1.82, 2.24) is 15.5 Å². The number of nitrogens with zero attached hydrogens (tertiary/aromatic N) is 2. The second kappa shape index (κ2) is 13.4. The predicted molar refractivity (Wildman–Crippen MR) is 130 cm³/mol. The minimum Gasteiger partial charge on any atom is -0.387 e. The van der Waals surface area contributed by atoms with Crippen LogP contribution in [0.4, 0.5) is 5.69 Å². The monoisotopic (exact) mass is 529 g/mol. The van der Waals surface area contributed by atoms with Crippen molar-refractivity contribution in [2.75, 3.05) is 57.8 Å². The quantitative estimate of drug-likeness (QED) is 0.173. The van der Waals surface area contributed by atoms with Gasteiger partial charge in [0.25, 0.3) is 0 Å². The number of β-amino-alcohol motifs (C(OH)–C–C–N with tert-alkyl or cyclic N) is 1. The molecule has 1 aromatic carbocycles. The van der Waals surface area contributed by atoms with Crippen molar-refractivity contribution >= 4 is 41.5 Å². The van der Waals surface area contributed by atoms with Gasteiger partial charge in [-0.3, -0.25) is 9.69 Å². The highest BCUT2D eigenvalue weighted by atomic mass is 127. The van der Waals surface area contributed by atoms with Crippen molar-refractivity contribution in [2.45, 2.75) is 19.4 Å². The van der Waals surface area contributed by atoms with Gasteiger partial charge in [-0.25, -0.2) is 4.99 Å². The molecule has 0 saturated carbocycles. The first kappa shape index (κ1) is 26.2. The van der Waals surface area contributed by atoms with Crippen LogP contribution in [0.15, 0.2) is 29.3 Å². The molecule has 166 valence electrons. The van der Waals surface area contributed by atoms with Gasteiger partial charge in [-0.1, -0.05) is 12.0 Å². The van der Waals surface area contributed by atoms with Crippen molar-refractivity contribution in [3.8, 4) is 12.3 Å². The molecule has 9 heteroatoms. The summed E-state index contributed by atoms with van der Waals surface area (Å²) in [6, 6.07) is 7.09. The van der Waals surface area contributed by atoms with Gasteiger partial charge in [0.15, 0.2) is 5.96 Å². The van der Waals surface area contributed by atoms with Gasteiger partial charge in [0.1, 0.15) is 6.54 Å². The Morgan fingerprint density at radius 1 is 1.37 bits per heavy atom. The molecule has 2 rings (SSSR count). The zero-order chi connectivity index (χ0) is 21.1. The lowest BCUT2D eigenvalue weighted by molar-refractivity contribution is -0.114. The van der Waals surface area contributed by atoms with Crippen LogP contribution in [0.1, 0.15) is 19.4 Å². The molecule has 1 saturated heterocycles. The van der Waals surface area contributed by atoms with E-state index in [9.17, 15) is 9.90 Å². The number of morpholine rings is 1. The summed E-state index contributed by atoms with van der Waals surface area (Å²) in [5, 5.41) is 19.7. The molecule has 30 heavy (non-hydrogen) atoms. The molecule has 0 bridgehead atoms. The van der Waals surface area contributed by atoms with Crippen LogP contribution < -0.4 is 16.0 Å². The molecule has 1 aliphatic heterocycles. The van der Waals surface area contributed by atoms with Crippen LogP contribution >= 0.6 is 24.0 Å². The second-order valence-electron chi connectivity index (χ2n) is 7.21. The zero-order valence-corrected chi connectivity index (χ0v) is 19.9. The van der Waals surface area contributed by atoms with Gasteiger partial charge < -0.3 is 25.8 Å². The van der Waals surface area contributed by atoms with Gasteiger partial charge in [-0.15, -0.1) is 30.4 Å². The standard InChI is InChI=1S/C21H31N5O3.HI/c1-4-17-7-6-8-18(13-17)25-19(27)14-23-20(22-5-2)24-15-21(3,28)16-26-9-11-29-12-10-26;/h1,6-8,13,28H,5,9-12,14-16H2,2-3H3,(H,25,27)(H2,22,23,24);1H. The molecule has 8 nitrogen and oxygen atoms in total. The van der Waals surface area contributed by atoms with E-state index in [1.807, 2.05) is 6.92 Å². The van der Waals surface area contributed by atoms with E-state index >= 15 is 0 Å². The van der Waals surface area contributed by atoms with Gasteiger partial charge in [0, 0.05) is 44.0 Å². The number of terminal acetylenes is 1. The number of halogens is 1. The molecule has 1 aromatic rings. The molecule has 0 radical (unpaired) electrons. The minimum atomic E-state index is -0.939. The van der Waals surface area contributed by atoms with E-state index in [-0.39, 0.29) is 36.4 Å².